The van der Waals surface area contributed by atoms with Crippen molar-refractivity contribution >= 4 is 20.0 Å². The molecule has 0 N–H and O–H groups in total. The molecule has 1 aliphatic rings. The van der Waals surface area contributed by atoms with Crippen LogP contribution in [0.3, 0.4) is 0 Å². The highest BCUT2D eigenvalue weighted by atomic mass is 32.2. The van der Waals surface area contributed by atoms with Gasteiger partial charge in [0.1, 0.15) is 0 Å². The predicted molar refractivity (Wildman–Crippen MR) is 84.5 cm³/mol. The third-order valence-corrected chi connectivity index (χ3v) is 7.81. The summed E-state index contributed by atoms with van der Waals surface area (Å²) >= 11 is 0. The monoisotopic (exact) mass is 346 g/mol. The van der Waals surface area contributed by atoms with E-state index in [0.717, 1.165) is 23.6 Å². The van der Waals surface area contributed by atoms with Gasteiger partial charge < -0.3 is 0 Å². The third-order valence-electron chi connectivity index (χ3n) is 3.95. The number of nitrogens with zero attached hydrogens (tertiary/aromatic N) is 2. The summed E-state index contributed by atoms with van der Waals surface area (Å²) in [5.41, 5.74) is 0. The van der Waals surface area contributed by atoms with Gasteiger partial charge in [-0.05, 0) is 44.0 Å². The maximum absolute atomic E-state index is 12.7. The molecule has 1 aromatic rings. The second-order valence-electron chi connectivity index (χ2n) is 5.72. The standard InChI is InChI=1S/C14H22N2O4S2/c1-12-6-4-5-11-16(12)22(19,20)14-9-7-13(8-10-14)21(17,18)15(2)3/h7-10,12H,4-6,11H2,1-3H3/t12-/m0/s1. The Bertz CT molecular complexity index is 725. The van der Waals surface area contributed by atoms with Crippen LogP contribution in [0.25, 0.3) is 0 Å². The molecule has 22 heavy (non-hydrogen) atoms. The van der Waals surface area contributed by atoms with E-state index in [1.165, 1.54) is 42.7 Å². The summed E-state index contributed by atoms with van der Waals surface area (Å²) < 4.78 is 51.9. The van der Waals surface area contributed by atoms with Crippen molar-refractivity contribution in [2.24, 2.45) is 0 Å². The summed E-state index contributed by atoms with van der Waals surface area (Å²) in [5.74, 6) is 0. The number of piperidine rings is 1. The van der Waals surface area contributed by atoms with Crippen LogP contribution >= 0.6 is 0 Å². The second-order valence-corrected chi connectivity index (χ2v) is 9.76. The number of sulfonamides is 2. The Kier molecular flexibility index (Phi) is 4.96. The lowest BCUT2D eigenvalue weighted by molar-refractivity contribution is 0.268. The van der Waals surface area contributed by atoms with Crippen molar-refractivity contribution in [2.45, 2.75) is 42.0 Å². The van der Waals surface area contributed by atoms with Crippen LogP contribution in [0.15, 0.2) is 34.1 Å². The number of rotatable bonds is 4. The highest BCUT2D eigenvalue weighted by molar-refractivity contribution is 7.89. The first-order valence-corrected chi connectivity index (χ1v) is 10.1. The van der Waals surface area contributed by atoms with E-state index in [1.54, 1.807) is 0 Å². The van der Waals surface area contributed by atoms with Crippen molar-refractivity contribution in [3.05, 3.63) is 24.3 Å². The van der Waals surface area contributed by atoms with Crippen molar-refractivity contribution in [1.29, 1.82) is 0 Å². The number of hydrogen-bond acceptors (Lipinski definition) is 4. The molecule has 0 aromatic heterocycles. The summed E-state index contributed by atoms with van der Waals surface area (Å²) in [5, 5.41) is 0. The topological polar surface area (TPSA) is 74.8 Å². The van der Waals surface area contributed by atoms with E-state index in [4.69, 9.17) is 0 Å². The Hall–Kier alpha value is -0.960. The molecule has 1 atom stereocenters. The molecule has 8 heteroatoms. The van der Waals surface area contributed by atoms with Crippen molar-refractivity contribution in [3.63, 3.8) is 0 Å². The van der Waals surface area contributed by atoms with Crippen LogP contribution in [0.2, 0.25) is 0 Å². The van der Waals surface area contributed by atoms with E-state index in [-0.39, 0.29) is 15.8 Å². The lowest BCUT2D eigenvalue weighted by Crippen LogP contribution is -2.41. The Morgan fingerprint density at radius 1 is 1.00 bits per heavy atom. The molecule has 124 valence electrons. The van der Waals surface area contributed by atoms with Gasteiger partial charge >= 0.3 is 0 Å². The summed E-state index contributed by atoms with van der Waals surface area (Å²) in [6, 6.07) is 5.40. The van der Waals surface area contributed by atoms with Gasteiger partial charge in [-0.1, -0.05) is 6.42 Å². The van der Waals surface area contributed by atoms with Gasteiger partial charge in [-0.3, -0.25) is 0 Å². The minimum Gasteiger partial charge on any atom is -0.207 e. The SMILES string of the molecule is C[C@H]1CCCCN1S(=O)(=O)c1ccc(S(=O)(=O)N(C)C)cc1. The van der Waals surface area contributed by atoms with Crippen LogP contribution in [0.4, 0.5) is 0 Å². The van der Waals surface area contributed by atoms with Crippen LogP contribution in [-0.2, 0) is 20.0 Å². The van der Waals surface area contributed by atoms with Crippen molar-refractivity contribution in [2.75, 3.05) is 20.6 Å². The van der Waals surface area contributed by atoms with Crippen molar-refractivity contribution in [3.8, 4) is 0 Å². The smallest absolute Gasteiger partial charge is 0.207 e. The molecule has 1 fully saturated rings. The van der Waals surface area contributed by atoms with E-state index < -0.39 is 20.0 Å². The molecule has 0 spiro atoms. The summed E-state index contributed by atoms with van der Waals surface area (Å²) in [6.45, 7) is 2.42. The molecule has 1 heterocycles. The van der Waals surface area contributed by atoms with Gasteiger partial charge in [0.25, 0.3) is 0 Å². The first kappa shape index (κ1) is 17.4. The van der Waals surface area contributed by atoms with Gasteiger partial charge in [0, 0.05) is 26.7 Å². The number of hydrogen-bond donors (Lipinski definition) is 0. The zero-order chi connectivity index (χ0) is 16.5. The Morgan fingerprint density at radius 3 is 2.05 bits per heavy atom. The average Bonchev–Trinajstić information content (AvgIpc) is 2.47. The summed E-state index contributed by atoms with van der Waals surface area (Å²) in [6.07, 6.45) is 2.75. The van der Waals surface area contributed by atoms with Crippen LogP contribution in [0.1, 0.15) is 26.2 Å². The molecular weight excluding hydrogens is 324 g/mol. The van der Waals surface area contributed by atoms with Gasteiger partial charge in [-0.15, -0.1) is 0 Å². The zero-order valence-corrected chi connectivity index (χ0v) is 14.7. The summed E-state index contributed by atoms with van der Waals surface area (Å²) in [4.78, 5) is 0.224. The van der Waals surface area contributed by atoms with Crippen molar-refractivity contribution in [1.82, 2.24) is 8.61 Å². The van der Waals surface area contributed by atoms with E-state index >= 15 is 0 Å². The van der Waals surface area contributed by atoms with Crippen LogP contribution < -0.4 is 0 Å². The molecule has 1 aliphatic heterocycles. The van der Waals surface area contributed by atoms with Crippen LogP contribution in [-0.4, -0.2) is 52.1 Å². The zero-order valence-electron chi connectivity index (χ0n) is 13.1. The molecule has 0 saturated carbocycles. The second kappa shape index (κ2) is 6.27. The predicted octanol–water partition coefficient (Wildman–Crippen LogP) is 1.50. The van der Waals surface area contributed by atoms with E-state index in [1.807, 2.05) is 6.92 Å². The van der Waals surface area contributed by atoms with Crippen LogP contribution in [0.5, 0.6) is 0 Å². The summed E-state index contributed by atoms with van der Waals surface area (Å²) in [7, 11) is -4.24. The molecule has 0 aliphatic carbocycles. The molecular formula is C14H22N2O4S2. The first-order chi connectivity index (χ1) is 10.2. The first-order valence-electron chi connectivity index (χ1n) is 7.22. The van der Waals surface area contributed by atoms with E-state index in [0.29, 0.717) is 6.54 Å². The molecule has 1 aromatic carbocycles. The van der Waals surface area contributed by atoms with Crippen LogP contribution in [0, 0.1) is 0 Å². The highest BCUT2D eigenvalue weighted by Crippen LogP contribution is 2.26. The average molecular weight is 346 g/mol. The van der Waals surface area contributed by atoms with E-state index in [2.05, 4.69) is 0 Å². The lowest BCUT2D eigenvalue weighted by Gasteiger charge is -2.32. The molecule has 0 radical (unpaired) electrons. The number of benzene rings is 1. The van der Waals surface area contributed by atoms with Gasteiger partial charge in [0.2, 0.25) is 20.0 Å². The molecule has 0 unspecified atom stereocenters. The fraction of sp³-hybridized carbons (Fsp3) is 0.571. The largest absolute Gasteiger partial charge is 0.243 e. The van der Waals surface area contributed by atoms with Gasteiger partial charge in [-0.25, -0.2) is 21.1 Å². The Labute approximate surface area is 132 Å². The highest BCUT2D eigenvalue weighted by Gasteiger charge is 2.31. The normalized spacial score (nSPS) is 21.2. The molecule has 1 saturated heterocycles. The molecule has 0 bridgehead atoms. The fourth-order valence-electron chi connectivity index (χ4n) is 2.56. The molecule has 6 nitrogen and oxygen atoms in total. The third kappa shape index (κ3) is 3.19. The van der Waals surface area contributed by atoms with E-state index in [9.17, 15) is 16.8 Å². The van der Waals surface area contributed by atoms with Gasteiger partial charge in [-0.2, -0.15) is 4.31 Å². The molecule has 2 rings (SSSR count). The Morgan fingerprint density at radius 2 is 1.55 bits per heavy atom. The fourth-order valence-corrected chi connectivity index (χ4v) is 5.16. The van der Waals surface area contributed by atoms with Gasteiger partial charge in [0.05, 0.1) is 9.79 Å². The lowest BCUT2D eigenvalue weighted by atomic mass is 10.1. The minimum absolute atomic E-state index is 0.0241. The Balaban J connectivity index is 2.34. The minimum atomic E-state index is -3.57. The van der Waals surface area contributed by atoms with Gasteiger partial charge in [0.15, 0.2) is 0 Å². The molecule has 0 amide bonds. The quantitative estimate of drug-likeness (QED) is 0.828. The maximum Gasteiger partial charge on any atom is 0.243 e. The maximum atomic E-state index is 12.7. The van der Waals surface area contributed by atoms with Crippen molar-refractivity contribution < 1.29 is 16.8 Å².